The number of benzene rings is 1. The van der Waals surface area contributed by atoms with Gasteiger partial charge < -0.3 is 4.74 Å². The first-order chi connectivity index (χ1) is 6.72. The zero-order chi connectivity index (χ0) is 10.4. The smallest absolute Gasteiger partial charge is 0.119 e. The monoisotopic (exact) mass is 320 g/mol. The Labute approximate surface area is 102 Å². The summed E-state index contributed by atoms with van der Waals surface area (Å²) in [4.78, 5) is 0. The third-order valence-electron chi connectivity index (χ3n) is 1.96. The van der Waals surface area contributed by atoms with Crippen molar-refractivity contribution in [1.82, 2.24) is 0 Å². The van der Waals surface area contributed by atoms with E-state index in [1.54, 1.807) is 0 Å². The van der Waals surface area contributed by atoms with Crippen LogP contribution in [-0.2, 0) is 0 Å². The van der Waals surface area contributed by atoms with Crippen molar-refractivity contribution in [2.24, 2.45) is 5.92 Å². The largest absolute Gasteiger partial charge is 0.494 e. The third kappa shape index (κ3) is 4.47. The van der Waals surface area contributed by atoms with Gasteiger partial charge in [-0.1, -0.05) is 38.8 Å². The Morgan fingerprint density at radius 2 is 1.93 bits per heavy atom. The van der Waals surface area contributed by atoms with E-state index in [9.17, 15) is 0 Å². The van der Waals surface area contributed by atoms with Crippen LogP contribution in [0.25, 0.3) is 0 Å². The molecule has 0 radical (unpaired) electrons. The van der Waals surface area contributed by atoms with Crippen molar-refractivity contribution < 1.29 is 4.74 Å². The molecule has 0 aromatic heterocycles. The van der Waals surface area contributed by atoms with Crippen molar-refractivity contribution in [1.29, 1.82) is 0 Å². The van der Waals surface area contributed by atoms with E-state index < -0.39 is 0 Å². The van der Waals surface area contributed by atoms with Crippen molar-refractivity contribution in [2.75, 3.05) is 11.9 Å². The van der Waals surface area contributed by atoms with Gasteiger partial charge in [0, 0.05) is 9.80 Å². The summed E-state index contributed by atoms with van der Waals surface area (Å²) in [6, 6.07) is 7.93. The summed E-state index contributed by atoms with van der Waals surface area (Å²) in [5, 5.41) is 1.04. The Balaban J connectivity index is 2.28. The average molecular weight is 322 g/mol. The SMILES string of the molecule is CC(CBr)CCOc1ccc(Br)cc1. The maximum atomic E-state index is 5.59. The molecule has 0 saturated heterocycles. The average Bonchev–Trinajstić information content (AvgIpc) is 2.21. The van der Waals surface area contributed by atoms with E-state index in [0.717, 1.165) is 28.6 Å². The minimum atomic E-state index is 0.672. The van der Waals surface area contributed by atoms with Gasteiger partial charge in [-0.05, 0) is 36.6 Å². The predicted octanol–water partition coefficient (Wildman–Crippen LogP) is 4.25. The summed E-state index contributed by atoms with van der Waals surface area (Å²) in [7, 11) is 0. The maximum Gasteiger partial charge on any atom is 0.119 e. The van der Waals surface area contributed by atoms with E-state index >= 15 is 0 Å². The lowest BCUT2D eigenvalue weighted by atomic mass is 10.1. The highest BCUT2D eigenvalue weighted by Crippen LogP contribution is 2.16. The molecular formula is C11H14Br2O. The van der Waals surface area contributed by atoms with Crippen molar-refractivity contribution >= 4 is 31.9 Å². The number of alkyl halides is 1. The van der Waals surface area contributed by atoms with Gasteiger partial charge in [0.25, 0.3) is 0 Å². The third-order valence-corrected chi connectivity index (χ3v) is 3.59. The molecule has 1 atom stereocenters. The fourth-order valence-corrected chi connectivity index (χ4v) is 1.57. The second-order valence-electron chi connectivity index (χ2n) is 3.35. The molecule has 0 aliphatic rings. The van der Waals surface area contributed by atoms with Crippen molar-refractivity contribution in [2.45, 2.75) is 13.3 Å². The Morgan fingerprint density at radius 1 is 1.29 bits per heavy atom. The standard InChI is InChI=1S/C11H14Br2O/c1-9(8-12)6-7-14-11-4-2-10(13)3-5-11/h2-5,9H,6-8H2,1H3. The molecule has 0 amide bonds. The topological polar surface area (TPSA) is 9.23 Å². The Hall–Kier alpha value is -0.0200. The highest BCUT2D eigenvalue weighted by Gasteiger charge is 1.99. The molecule has 0 aliphatic carbocycles. The molecule has 0 N–H and O–H groups in total. The molecule has 78 valence electrons. The van der Waals surface area contributed by atoms with Gasteiger partial charge in [0.05, 0.1) is 6.61 Å². The van der Waals surface area contributed by atoms with Gasteiger partial charge in [-0.25, -0.2) is 0 Å². The molecule has 0 aliphatic heterocycles. The van der Waals surface area contributed by atoms with Crippen molar-refractivity contribution in [3.63, 3.8) is 0 Å². The molecule has 14 heavy (non-hydrogen) atoms. The molecule has 1 unspecified atom stereocenters. The van der Waals surface area contributed by atoms with E-state index in [-0.39, 0.29) is 0 Å². The van der Waals surface area contributed by atoms with E-state index in [2.05, 4.69) is 38.8 Å². The molecule has 0 saturated carbocycles. The van der Waals surface area contributed by atoms with Gasteiger partial charge >= 0.3 is 0 Å². The van der Waals surface area contributed by atoms with Gasteiger partial charge in [-0.15, -0.1) is 0 Å². The lowest BCUT2D eigenvalue weighted by Gasteiger charge is -2.09. The molecule has 0 spiro atoms. The number of ether oxygens (including phenoxy) is 1. The lowest BCUT2D eigenvalue weighted by molar-refractivity contribution is 0.291. The lowest BCUT2D eigenvalue weighted by Crippen LogP contribution is -2.04. The molecule has 1 nitrogen and oxygen atoms in total. The molecule has 1 aromatic carbocycles. The molecule has 0 bridgehead atoms. The second-order valence-corrected chi connectivity index (χ2v) is 4.91. The summed E-state index contributed by atoms with van der Waals surface area (Å²) in [5.74, 6) is 1.61. The van der Waals surface area contributed by atoms with Crippen LogP contribution >= 0.6 is 31.9 Å². The van der Waals surface area contributed by atoms with Gasteiger partial charge in [0.2, 0.25) is 0 Å². The van der Waals surface area contributed by atoms with E-state index in [0.29, 0.717) is 5.92 Å². The molecule has 1 aromatic rings. The molecule has 0 fully saturated rings. The summed E-state index contributed by atoms with van der Waals surface area (Å²) in [6.07, 6.45) is 1.08. The first-order valence-electron chi connectivity index (χ1n) is 4.66. The second kappa shape index (κ2) is 6.46. The van der Waals surface area contributed by atoms with E-state index in [4.69, 9.17) is 4.74 Å². The minimum absolute atomic E-state index is 0.672. The molecule has 1 rings (SSSR count). The number of rotatable bonds is 5. The Bertz CT molecular complexity index is 258. The van der Waals surface area contributed by atoms with Crippen molar-refractivity contribution in [3.05, 3.63) is 28.7 Å². The van der Waals surface area contributed by atoms with Gasteiger partial charge in [-0.2, -0.15) is 0 Å². The summed E-state index contributed by atoms with van der Waals surface area (Å²) in [6.45, 7) is 2.99. The Morgan fingerprint density at radius 3 is 2.50 bits per heavy atom. The number of hydrogen-bond donors (Lipinski definition) is 0. The molecule has 3 heteroatoms. The number of hydrogen-bond acceptors (Lipinski definition) is 1. The van der Waals surface area contributed by atoms with E-state index in [1.807, 2.05) is 24.3 Å². The Kier molecular flexibility index (Phi) is 5.56. The summed E-state index contributed by atoms with van der Waals surface area (Å²) in [5.41, 5.74) is 0. The van der Waals surface area contributed by atoms with E-state index in [1.165, 1.54) is 0 Å². The van der Waals surface area contributed by atoms with Crippen LogP contribution in [0.5, 0.6) is 5.75 Å². The fraction of sp³-hybridized carbons (Fsp3) is 0.455. The van der Waals surface area contributed by atoms with Crippen LogP contribution in [0.15, 0.2) is 28.7 Å². The first-order valence-corrected chi connectivity index (χ1v) is 6.58. The molecular weight excluding hydrogens is 308 g/mol. The highest BCUT2D eigenvalue weighted by atomic mass is 79.9. The van der Waals surface area contributed by atoms with Crippen LogP contribution in [0.1, 0.15) is 13.3 Å². The van der Waals surface area contributed by atoms with Crippen LogP contribution < -0.4 is 4.74 Å². The zero-order valence-corrected chi connectivity index (χ0v) is 11.3. The van der Waals surface area contributed by atoms with Gasteiger partial charge in [0.15, 0.2) is 0 Å². The zero-order valence-electron chi connectivity index (χ0n) is 8.17. The van der Waals surface area contributed by atoms with Crippen LogP contribution in [0.4, 0.5) is 0 Å². The molecule has 0 heterocycles. The first kappa shape index (κ1) is 12.1. The maximum absolute atomic E-state index is 5.59. The normalized spacial score (nSPS) is 12.5. The summed E-state index contributed by atoms with van der Waals surface area (Å²) >= 11 is 6.84. The number of halogens is 2. The van der Waals surface area contributed by atoms with Crippen LogP contribution in [0.2, 0.25) is 0 Å². The van der Waals surface area contributed by atoms with Crippen LogP contribution in [-0.4, -0.2) is 11.9 Å². The quantitative estimate of drug-likeness (QED) is 0.737. The van der Waals surface area contributed by atoms with Gasteiger partial charge in [0.1, 0.15) is 5.75 Å². The fourth-order valence-electron chi connectivity index (χ4n) is 0.986. The predicted molar refractivity (Wildman–Crippen MR) is 67.2 cm³/mol. The minimum Gasteiger partial charge on any atom is -0.494 e. The van der Waals surface area contributed by atoms with Crippen molar-refractivity contribution in [3.8, 4) is 5.75 Å². The van der Waals surface area contributed by atoms with Crippen LogP contribution in [0, 0.1) is 5.92 Å². The van der Waals surface area contributed by atoms with Crippen LogP contribution in [0.3, 0.4) is 0 Å². The van der Waals surface area contributed by atoms with Gasteiger partial charge in [-0.3, -0.25) is 0 Å². The highest BCUT2D eigenvalue weighted by molar-refractivity contribution is 9.10. The summed E-state index contributed by atoms with van der Waals surface area (Å²) < 4.78 is 6.67.